The third-order valence-electron chi connectivity index (χ3n) is 4.13. The summed E-state index contributed by atoms with van der Waals surface area (Å²) in [6.45, 7) is 8.89. The minimum absolute atomic E-state index is 0.508. The summed E-state index contributed by atoms with van der Waals surface area (Å²) in [5, 5.41) is 3.73. The van der Waals surface area contributed by atoms with E-state index < -0.39 is 0 Å². The van der Waals surface area contributed by atoms with Crippen LogP contribution >= 0.6 is 0 Å². The van der Waals surface area contributed by atoms with E-state index in [9.17, 15) is 0 Å². The van der Waals surface area contributed by atoms with Gasteiger partial charge < -0.3 is 9.88 Å². The van der Waals surface area contributed by atoms with Crippen LogP contribution in [0.5, 0.6) is 0 Å². The minimum atomic E-state index is 0.508. The summed E-state index contributed by atoms with van der Waals surface area (Å²) in [6.07, 6.45) is 9.56. The molecule has 1 aliphatic rings. The first kappa shape index (κ1) is 13.6. The average molecular weight is 249 g/mol. The van der Waals surface area contributed by atoms with Crippen molar-refractivity contribution in [1.29, 1.82) is 0 Å². The largest absolute Gasteiger partial charge is 0.333 e. The first-order chi connectivity index (χ1) is 8.68. The SMILES string of the molecule is CC(C)c1nccn1CCNC1CCCCC1C. The number of hydrogen-bond acceptors (Lipinski definition) is 2. The van der Waals surface area contributed by atoms with Crippen molar-refractivity contribution in [2.75, 3.05) is 6.54 Å². The Labute approximate surface area is 111 Å². The quantitative estimate of drug-likeness (QED) is 0.868. The van der Waals surface area contributed by atoms with Crippen LogP contribution in [-0.4, -0.2) is 22.1 Å². The topological polar surface area (TPSA) is 29.9 Å². The van der Waals surface area contributed by atoms with Gasteiger partial charge in [-0.2, -0.15) is 0 Å². The summed E-state index contributed by atoms with van der Waals surface area (Å²) >= 11 is 0. The van der Waals surface area contributed by atoms with E-state index in [1.54, 1.807) is 0 Å². The molecule has 1 heterocycles. The van der Waals surface area contributed by atoms with Gasteiger partial charge in [-0.3, -0.25) is 0 Å². The summed E-state index contributed by atoms with van der Waals surface area (Å²) in [5.41, 5.74) is 0. The fourth-order valence-electron chi connectivity index (χ4n) is 3.00. The number of nitrogens with one attached hydrogen (secondary N) is 1. The molecule has 2 rings (SSSR count). The minimum Gasteiger partial charge on any atom is -0.333 e. The Hall–Kier alpha value is -0.830. The Morgan fingerprint density at radius 3 is 2.89 bits per heavy atom. The summed E-state index contributed by atoms with van der Waals surface area (Å²) < 4.78 is 2.28. The van der Waals surface area contributed by atoms with Crippen molar-refractivity contribution >= 4 is 0 Å². The van der Waals surface area contributed by atoms with Gasteiger partial charge in [0.05, 0.1) is 0 Å². The Morgan fingerprint density at radius 2 is 2.17 bits per heavy atom. The molecule has 2 unspecified atom stereocenters. The van der Waals surface area contributed by atoms with Gasteiger partial charge in [0, 0.05) is 37.4 Å². The molecule has 1 fully saturated rings. The molecule has 0 bridgehead atoms. The molecule has 3 heteroatoms. The predicted molar refractivity (Wildman–Crippen MR) is 75.7 cm³/mol. The van der Waals surface area contributed by atoms with E-state index in [2.05, 4.69) is 41.8 Å². The molecule has 1 saturated carbocycles. The van der Waals surface area contributed by atoms with Crippen molar-refractivity contribution in [2.24, 2.45) is 5.92 Å². The van der Waals surface area contributed by atoms with Crippen LogP contribution in [0, 0.1) is 5.92 Å². The van der Waals surface area contributed by atoms with Crippen LogP contribution in [0.2, 0.25) is 0 Å². The molecule has 1 aromatic rings. The Bertz CT molecular complexity index is 356. The van der Waals surface area contributed by atoms with Gasteiger partial charge in [-0.1, -0.05) is 33.6 Å². The summed E-state index contributed by atoms with van der Waals surface area (Å²) in [4.78, 5) is 4.43. The van der Waals surface area contributed by atoms with E-state index in [-0.39, 0.29) is 0 Å². The molecule has 0 saturated heterocycles. The van der Waals surface area contributed by atoms with Gasteiger partial charge in [0.25, 0.3) is 0 Å². The Morgan fingerprint density at radius 1 is 1.39 bits per heavy atom. The summed E-state index contributed by atoms with van der Waals surface area (Å²) in [6, 6.07) is 0.727. The van der Waals surface area contributed by atoms with E-state index >= 15 is 0 Å². The smallest absolute Gasteiger partial charge is 0.111 e. The lowest BCUT2D eigenvalue weighted by Crippen LogP contribution is -2.38. The molecular formula is C15H27N3. The van der Waals surface area contributed by atoms with Crippen LogP contribution in [-0.2, 0) is 6.54 Å². The molecule has 1 aromatic heterocycles. The molecule has 0 aliphatic heterocycles. The highest BCUT2D eigenvalue weighted by atomic mass is 15.1. The molecule has 1 aliphatic carbocycles. The summed E-state index contributed by atoms with van der Waals surface area (Å²) in [7, 11) is 0. The highest BCUT2D eigenvalue weighted by Gasteiger charge is 2.20. The van der Waals surface area contributed by atoms with Gasteiger partial charge >= 0.3 is 0 Å². The van der Waals surface area contributed by atoms with Gasteiger partial charge in [-0.15, -0.1) is 0 Å². The number of hydrogen-bond donors (Lipinski definition) is 1. The molecule has 0 spiro atoms. The van der Waals surface area contributed by atoms with Gasteiger partial charge in [0.1, 0.15) is 5.82 Å². The molecular weight excluding hydrogens is 222 g/mol. The van der Waals surface area contributed by atoms with Gasteiger partial charge in [-0.05, 0) is 18.8 Å². The lowest BCUT2D eigenvalue weighted by Gasteiger charge is -2.29. The van der Waals surface area contributed by atoms with Crippen LogP contribution in [0.3, 0.4) is 0 Å². The Kier molecular flexibility index (Phi) is 4.81. The van der Waals surface area contributed by atoms with Crippen LogP contribution < -0.4 is 5.32 Å². The van der Waals surface area contributed by atoms with Crippen molar-refractivity contribution in [3.63, 3.8) is 0 Å². The van der Waals surface area contributed by atoms with Crippen LogP contribution in [0.25, 0.3) is 0 Å². The zero-order valence-corrected chi connectivity index (χ0v) is 12.0. The fourth-order valence-corrected chi connectivity index (χ4v) is 3.00. The lowest BCUT2D eigenvalue weighted by atomic mass is 9.86. The average Bonchev–Trinajstić information content (AvgIpc) is 2.80. The summed E-state index contributed by atoms with van der Waals surface area (Å²) in [5.74, 6) is 2.55. The molecule has 3 nitrogen and oxygen atoms in total. The molecule has 0 radical (unpaired) electrons. The van der Waals surface area contributed by atoms with E-state index in [1.165, 1.54) is 31.5 Å². The number of rotatable bonds is 5. The molecule has 102 valence electrons. The maximum Gasteiger partial charge on any atom is 0.111 e. The second kappa shape index (κ2) is 6.37. The van der Waals surface area contributed by atoms with Gasteiger partial charge in [-0.25, -0.2) is 4.98 Å². The van der Waals surface area contributed by atoms with Crippen molar-refractivity contribution in [2.45, 2.75) is 65.0 Å². The lowest BCUT2D eigenvalue weighted by molar-refractivity contribution is 0.278. The number of imidazole rings is 1. The third kappa shape index (κ3) is 3.35. The van der Waals surface area contributed by atoms with Crippen LogP contribution in [0.4, 0.5) is 0 Å². The maximum absolute atomic E-state index is 4.43. The third-order valence-corrected chi connectivity index (χ3v) is 4.13. The first-order valence-electron chi connectivity index (χ1n) is 7.43. The van der Waals surface area contributed by atoms with E-state index in [0.717, 1.165) is 25.0 Å². The number of aromatic nitrogens is 2. The van der Waals surface area contributed by atoms with Crippen molar-refractivity contribution in [3.8, 4) is 0 Å². The Balaban J connectivity index is 1.79. The normalized spacial score (nSPS) is 24.7. The fraction of sp³-hybridized carbons (Fsp3) is 0.800. The predicted octanol–water partition coefficient (Wildman–Crippen LogP) is 3.17. The maximum atomic E-state index is 4.43. The highest BCUT2D eigenvalue weighted by molar-refractivity contribution is 4.97. The zero-order chi connectivity index (χ0) is 13.0. The molecule has 1 N–H and O–H groups in total. The van der Waals surface area contributed by atoms with E-state index in [4.69, 9.17) is 0 Å². The van der Waals surface area contributed by atoms with Crippen molar-refractivity contribution in [1.82, 2.24) is 14.9 Å². The highest BCUT2D eigenvalue weighted by Crippen LogP contribution is 2.23. The zero-order valence-electron chi connectivity index (χ0n) is 12.0. The molecule has 2 atom stereocenters. The van der Waals surface area contributed by atoms with Crippen LogP contribution in [0.1, 0.15) is 58.2 Å². The molecule has 0 aromatic carbocycles. The van der Waals surface area contributed by atoms with Crippen molar-refractivity contribution in [3.05, 3.63) is 18.2 Å². The second-order valence-electron chi connectivity index (χ2n) is 5.96. The van der Waals surface area contributed by atoms with Crippen LogP contribution in [0.15, 0.2) is 12.4 Å². The molecule has 0 amide bonds. The van der Waals surface area contributed by atoms with Crippen molar-refractivity contribution < 1.29 is 0 Å². The molecule has 18 heavy (non-hydrogen) atoms. The van der Waals surface area contributed by atoms with Gasteiger partial charge in [0.2, 0.25) is 0 Å². The van der Waals surface area contributed by atoms with E-state index in [1.807, 2.05) is 6.20 Å². The first-order valence-corrected chi connectivity index (χ1v) is 7.43. The second-order valence-corrected chi connectivity index (χ2v) is 5.96. The standard InChI is InChI=1S/C15H27N3/c1-12(2)15-17-9-11-18(15)10-8-16-14-7-5-4-6-13(14)3/h9,11-14,16H,4-8,10H2,1-3H3. The van der Waals surface area contributed by atoms with Gasteiger partial charge in [0.15, 0.2) is 0 Å². The van der Waals surface area contributed by atoms with E-state index in [0.29, 0.717) is 5.92 Å². The number of nitrogens with zero attached hydrogens (tertiary/aromatic N) is 2. The monoisotopic (exact) mass is 249 g/mol.